The quantitative estimate of drug-likeness (QED) is 0.699. The van der Waals surface area contributed by atoms with Crippen LogP contribution in [0.4, 0.5) is 11.8 Å². The lowest BCUT2D eigenvalue weighted by Crippen LogP contribution is -2.51. The maximum absolute atomic E-state index is 13.2. The second-order valence-corrected chi connectivity index (χ2v) is 9.52. The first-order valence-electron chi connectivity index (χ1n) is 11.9. The van der Waals surface area contributed by atoms with Crippen molar-refractivity contribution in [1.82, 2.24) is 19.8 Å². The van der Waals surface area contributed by atoms with Crippen molar-refractivity contribution in [2.45, 2.75) is 52.2 Å². The molecular formula is C25H32N6O2. The first-order valence-corrected chi connectivity index (χ1v) is 11.9. The molecule has 5 rings (SSSR count). The fourth-order valence-electron chi connectivity index (χ4n) is 5.00. The standard InChI is InChI=1S/C25H32N6O2/c1-17(2)31-16-21-22(24(31)33)26-25(29-13-11-28(12-14-29)18(3)32)27-23(21)30-10-9-20(30)15-19-7-5-4-6-8-19/h4-8,17,20H,9-16H2,1-3H3. The Balaban J connectivity index is 1.46. The molecule has 0 saturated carbocycles. The number of nitrogens with zero attached hydrogens (tertiary/aromatic N) is 6. The Labute approximate surface area is 195 Å². The van der Waals surface area contributed by atoms with E-state index < -0.39 is 0 Å². The van der Waals surface area contributed by atoms with Crippen LogP contribution in [0, 0.1) is 0 Å². The molecule has 2 fully saturated rings. The van der Waals surface area contributed by atoms with Gasteiger partial charge in [-0.1, -0.05) is 30.3 Å². The molecule has 8 heteroatoms. The zero-order valence-electron chi connectivity index (χ0n) is 19.7. The van der Waals surface area contributed by atoms with Crippen molar-refractivity contribution in [1.29, 1.82) is 0 Å². The molecule has 33 heavy (non-hydrogen) atoms. The maximum atomic E-state index is 13.2. The molecule has 1 atom stereocenters. The number of anilines is 2. The van der Waals surface area contributed by atoms with Crippen LogP contribution in [0.15, 0.2) is 30.3 Å². The number of amides is 2. The van der Waals surface area contributed by atoms with Crippen LogP contribution in [0.25, 0.3) is 0 Å². The van der Waals surface area contributed by atoms with E-state index in [1.54, 1.807) is 6.92 Å². The van der Waals surface area contributed by atoms with Gasteiger partial charge in [0.05, 0.1) is 6.54 Å². The molecule has 8 nitrogen and oxygen atoms in total. The Morgan fingerprint density at radius 2 is 1.79 bits per heavy atom. The number of hydrogen-bond donors (Lipinski definition) is 0. The van der Waals surface area contributed by atoms with Gasteiger partial charge in [0.25, 0.3) is 5.91 Å². The molecule has 2 amide bonds. The van der Waals surface area contributed by atoms with Crippen molar-refractivity contribution >= 4 is 23.6 Å². The van der Waals surface area contributed by atoms with Gasteiger partial charge in [0.1, 0.15) is 11.5 Å². The molecule has 1 unspecified atom stereocenters. The van der Waals surface area contributed by atoms with Crippen LogP contribution in [0.3, 0.4) is 0 Å². The van der Waals surface area contributed by atoms with Gasteiger partial charge in [0.2, 0.25) is 11.9 Å². The fraction of sp³-hybridized carbons (Fsp3) is 0.520. The zero-order chi connectivity index (χ0) is 23.1. The highest BCUT2D eigenvalue weighted by molar-refractivity contribution is 5.98. The average molecular weight is 449 g/mol. The molecule has 0 radical (unpaired) electrons. The molecule has 1 aromatic heterocycles. The van der Waals surface area contributed by atoms with Gasteiger partial charge in [-0.05, 0) is 32.3 Å². The van der Waals surface area contributed by atoms with E-state index in [0.29, 0.717) is 50.4 Å². The Kier molecular flexibility index (Phi) is 5.68. The smallest absolute Gasteiger partial charge is 0.273 e. The predicted octanol–water partition coefficient (Wildman–Crippen LogP) is 2.33. The summed E-state index contributed by atoms with van der Waals surface area (Å²) in [4.78, 5) is 43.0. The fourth-order valence-corrected chi connectivity index (χ4v) is 5.00. The van der Waals surface area contributed by atoms with Gasteiger partial charge in [-0.2, -0.15) is 4.98 Å². The summed E-state index contributed by atoms with van der Waals surface area (Å²) in [6.45, 7) is 9.84. The summed E-state index contributed by atoms with van der Waals surface area (Å²) in [5, 5.41) is 0. The summed E-state index contributed by atoms with van der Waals surface area (Å²) in [7, 11) is 0. The SMILES string of the molecule is CC(=O)N1CCN(c2nc3c(c(N4CCC4Cc4ccccc4)n2)CN(C(C)C)C3=O)CC1. The highest BCUT2D eigenvalue weighted by Gasteiger charge is 2.39. The van der Waals surface area contributed by atoms with E-state index in [4.69, 9.17) is 9.97 Å². The monoisotopic (exact) mass is 448 g/mol. The van der Waals surface area contributed by atoms with E-state index in [9.17, 15) is 9.59 Å². The zero-order valence-corrected chi connectivity index (χ0v) is 19.7. The highest BCUT2D eigenvalue weighted by atomic mass is 16.2. The van der Waals surface area contributed by atoms with Gasteiger partial charge in [-0.3, -0.25) is 9.59 Å². The predicted molar refractivity (Wildman–Crippen MR) is 127 cm³/mol. The molecule has 0 N–H and O–H groups in total. The minimum absolute atomic E-state index is 0.00703. The second-order valence-electron chi connectivity index (χ2n) is 9.52. The molecule has 0 bridgehead atoms. The lowest BCUT2D eigenvalue weighted by molar-refractivity contribution is -0.129. The highest BCUT2D eigenvalue weighted by Crippen LogP contribution is 2.37. The van der Waals surface area contributed by atoms with Crippen LogP contribution in [-0.4, -0.2) is 76.4 Å². The van der Waals surface area contributed by atoms with Crippen LogP contribution < -0.4 is 9.80 Å². The Morgan fingerprint density at radius 3 is 2.39 bits per heavy atom. The number of benzene rings is 1. The van der Waals surface area contributed by atoms with Crippen molar-refractivity contribution in [2.24, 2.45) is 0 Å². The lowest BCUT2D eigenvalue weighted by atomic mass is 9.94. The van der Waals surface area contributed by atoms with E-state index in [1.807, 2.05) is 29.7 Å². The van der Waals surface area contributed by atoms with Gasteiger partial charge < -0.3 is 19.6 Å². The van der Waals surface area contributed by atoms with Crippen LogP contribution in [0.1, 0.15) is 48.8 Å². The van der Waals surface area contributed by atoms with Crippen LogP contribution in [0.5, 0.6) is 0 Å². The molecular weight excluding hydrogens is 416 g/mol. The number of carbonyl (C=O) groups is 2. The molecule has 0 aliphatic carbocycles. The molecule has 0 spiro atoms. The number of rotatable bonds is 5. The molecule has 3 aliphatic rings. The maximum Gasteiger partial charge on any atom is 0.273 e. The van der Waals surface area contributed by atoms with Gasteiger partial charge in [0, 0.05) is 57.3 Å². The Morgan fingerprint density at radius 1 is 1.06 bits per heavy atom. The molecule has 1 aromatic carbocycles. The van der Waals surface area contributed by atoms with E-state index >= 15 is 0 Å². The number of fused-ring (bicyclic) bond motifs is 1. The topological polar surface area (TPSA) is 72.9 Å². The van der Waals surface area contributed by atoms with E-state index in [-0.39, 0.29) is 17.9 Å². The van der Waals surface area contributed by atoms with E-state index in [1.165, 1.54) is 5.56 Å². The Hall–Kier alpha value is -3.16. The molecule has 4 heterocycles. The number of carbonyl (C=O) groups excluding carboxylic acids is 2. The molecule has 3 aliphatic heterocycles. The van der Waals surface area contributed by atoms with Crippen molar-refractivity contribution < 1.29 is 9.59 Å². The van der Waals surface area contributed by atoms with Crippen molar-refractivity contribution in [3.05, 3.63) is 47.2 Å². The van der Waals surface area contributed by atoms with Gasteiger partial charge in [-0.15, -0.1) is 0 Å². The largest absolute Gasteiger partial charge is 0.353 e. The summed E-state index contributed by atoms with van der Waals surface area (Å²) >= 11 is 0. The number of aromatic nitrogens is 2. The first-order chi connectivity index (χ1) is 15.9. The molecule has 2 saturated heterocycles. The van der Waals surface area contributed by atoms with Crippen LogP contribution in [0.2, 0.25) is 0 Å². The normalized spacial score (nSPS) is 20.4. The van der Waals surface area contributed by atoms with Gasteiger partial charge >= 0.3 is 0 Å². The minimum atomic E-state index is -0.00703. The van der Waals surface area contributed by atoms with Crippen molar-refractivity contribution in [3.63, 3.8) is 0 Å². The summed E-state index contributed by atoms with van der Waals surface area (Å²) < 4.78 is 0. The number of hydrogen-bond acceptors (Lipinski definition) is 6. The van der Waals surface area contributed by atoms with Gasteiger partial charge in [-0.25, -0.2) is 4.98 Å². The van der Waals surface area contributed by atoms with E-state index in [0.717, 1.165) is 30.8 Å². The van der Waals surface area contributed by atoms with Crippen LogP contribution in [-0.2, 0) is 17.8 Å². The third kappa shape index (κ3) is 4.03. The third-order valence-corrected chi connectivity index (χ3v) is 7.13. The molecule has 2 aromatic rings. The van der Waals surface area contributed by atoms with Gasteiger partial charge in [0.15, 0.2) is 0 Å². The second kappa shape index (κ2) is 8.65. The van der Waals surface area contributed by atoms with Crippen molar-refractivity contribution in [3.8, 4) is 0 Å². The minimum Gasteiger partial charge on any atom is -0.353 e. The third-order valence-electron chi connectivity index (χ3n) is 7.13. The first kappa shape index (κ1) is 21.7. The average Bonchev–Trinajstić information content (AvgIpc) is 3.14. The lowest BCUT2D eigenvalue weighted by Gasteiger charge is -2.43. The summed E-state index contributed by atoms with van der Waals surface area (Å²) in [5.41, 5.74) is 2.82. The Bertz CT molecular complexity index is 1050. The van der Waals surface area contributed by atoms with Crippen LogP contribution >= 0.6 is 0 Å². The summed E-state index contributed by atoms with van der Waals surface area (Å²) in [6.07, 6.45) is 2.08. The van der Waals surface area contributed by atoms with Crippen molar-refractivity contribution in [2.75, 3.05) is 42.5 Å². The molecule has 174 valence electrons. The van der Waals surface area contributed by atoms with E-state index in [2.05, 4.69) is 34.1 Å². The summed E-state index contributed by atoms with van der Waals surface area (Å²) in [6, 6.07) is 11.0. The summed E-state index contributed by atoms with van der Waals surface area (Å²) in [5.74, 6) is 1.61. The number of piperazine rings is 1.